The van der Waals surface area contributed by atoms with Gasteiger partial charge in [0.25, 0.3) is 0 Å². The summed E-state index contributed by atoms with van der Waals surface area (Å²) in [5, 5.41) is 3.43. The van der Waals surface area contributed by atoms with Crippen LogP contribution in [0.1, 0.15) is 11.1 Å². The first-order valence-corrected chi connectivity index (χ1v) is 11.8. The Bertz CT molecular complexity index is 1250. The Morgan fingerprint density at radius 1 is 0.722 bits per heavy atom. The highest BCUT2D eigenvalue weighted by molar-refractivity contribution is 14.1. The lowest BCUT2D eigenvalue weighted by atomic mass is 10.2. The van der Waals surface area contributed by atoms with Crippen molar-refractivity contribution in [1.29, 1.82) is 0 Å². The van der Waals surface area contributed by atoms with Gasteiger partial charge in [0.15, 0.2) is 0 Å². The predicted molar refractivity (Wildman–Crippen MR) is 145 cm³/mol. The third-order valence-corrected chi connectivity index (χ3v) is 5.31. The van der Waals surface area contributed by atoms with Gasteiger partial charge in [-0.2, -0.15) is 0 Å². The molecule has 0 aliphatic rings. The Morgan fingerprint density at radius 3 is 1.61 bits per heavy atom. The number of hydrogen-bond donors (Lipinski definition) is 0. The van der Waals surface area contributed by atoms with Crippen LogP contribution in [0.5, 0.6) is 23.3 Å². The van der Waals surface area contributed by atoms with E-state index in [0.717, 1.165) is 26.2 Å². The van der Waals surface area contributed by atoms with Crippen molar-refractivity contribution < 1.29 is 18.9 Å². The van der Waals surface area contributed by atoms with Crippen LogP contribution in [-0.2, 0) is 13.2 Å². The first kappa shape index (κ1) is 26.6. The van der Waals surface area contributed by atoms with E-state index in [1.165, 1.54) is 6.20 Å². The lowest BCUT2D eigenvalue weighted by Gasteiger charge is -2.06. The van der Waals surface area contributed by atoms with Gasteiger partial charge in [-0.3, -0.25) is 0 Å². The second-order valence-electron chi connectivity index (χ2n) is 7.13. The van der Waals surface area contributed by atoms with E-state index >= 15 is 0 Å². The SMILES string of the molecule is COc1ccc(COc2ccc(I)cn2)cc1.COc1ccc(COc2ccc(N=[N+]=[N-])cn2)cc1. The van der Waals surface area contributed by atoms with Gasteiger partial charge in [0.05, 0.1) is 19.9 Å². The third kappa shape index (κ3) is 8.97. The molecule has 0 saturated heterocycles. The largest absolute Gasteiger partial charge is 0.497 e. The molecule has 0 aliphatic heterocycles. The Hall–Kier alpha value is -4.02. The van der Waals surface area contributed by atoms with Crippen molar-refractivity contribution in [2.45, 2.75) is 13.2 Å². The Balaban J connectivity index is 0.000000202. The van der Waals surface area contributed by atoms with Gasteiger partial charge in [0.2, 0.25) is 11.8 Å². The van der Waals surface area contributed by atoms with E-state index in [2.05, 4.69) is 42.6 Å². The molecule has 0 aliphatic carbocycles. The zero-order valence-electron chi connectivity index (χ0n) is 19.7. The number of ether oxygens (including phenoxy) is 4. The van der Waals surface area contributed by atoms with E-state index in [-0.39, 0.29) is 0 Å². The maximum absolute atomic E-state index is 8.27. The van der Waals surface area contributed by atoms with Crippen molar-refractivity contribution in [3.05, 3.63) is 110 Å². The van der Waals surface area contributed by atoms with E-state index in [1.54, 1.807) is 32.5 Å². The molecule has 184 valence electrons. The smallest absolute Gasteiger partial charge is 0.213 e. The van der Waals surface area contributed by atoms with Gasteiger partial charge in [0.1, 0.15) is 24.7 Å². The molecule has 2 aromatic heterocycles. The van der Waals surface area contributed by atoms with Crippen LogP contribution in [0.3, 0.4) is 0 Å². The Labute approximate surface area is 222 Å². The molecule has 4 rings (SSSR count). The number of nitrogens with zero attached hydrogens (tertiary/aromatic N) is 5. The summed E-state index contributed by atoms with van der Waals surface area (Å²) in [6, 6.07) is 22.5. The van der Waals surface area contributed by atoms with Gasteiger partial charge in [0, 0.05) is 33.0 Å². The number of azide groups is 1. The molecule has 0 spiro atoms. The van der Waals surface area contributed by atoms with Gasteiger partial charge in [-0.25, -0.2) is 9.97 Å². The fourth-order valence-electron chi connectivity index (χ4n) is 2.77. The number of benzene rings is 2. The van der Waals surface area contributed by atoms with Gasteiger partial charge >= 0.3 is 0 Å². The zero-order chi connectivity index (χ0) is 25.6. The second kappa shape index (κ2) is 14.4. The molecule has 0 N–H and O–H groups in total. The highest BCUT2D eigenvalue weighted by Crippen LogP contribution is 2.17. The maximum atomic E-state index is 8.27. The van der Waals surface area contributed by atoms with E-state index in [9.17, 15) is 0 Å². The quantitative estimate of drug-likeness (QED) is 0.0900. The summed E-state index contributed by atoms with van der Waals surface area (Å²) < 4.78 is 22.3. The molecule has 0 saturated carbocycles. The van der Waals surface area contributed by atoms with E-state index in [4.69, 9.17) is 24.5 Å². The molecule has 2 heterocycles. The zero-order valence-corrected chi connectivity index (χ0v) is 21.9. The Morgan fingerprint density at radius 2 is 1.22 bits per heavy atom. The number of aromatic nitrogens is 2. The van der Waals surface area contributed by atoms with Crippen molar-refractivity contribution >= 4 is 28.3 Å². The molecule has 36 heavy (non-hydrogen) atoms. The fourth-order valence-corrected chi connectivity index (χ4v) is 3.09. The van der Waals surface area contributed by atoms with Crippen LogP contribution in [-0.4, -0.2) is 24.2 Å². The molecule has 0 atom stereocenters. The van der Waals surface area contributed by atoms with Crippen molar-refractivity contribution in [1.82, 2.24) is 9.97 Å². The lowest BCUT2D eigenvalue weighted by molar-refractivity contribution is 0.293. The molecule has 0 unspecified atom stereocenters. The monoisotopic (exact) mass is 597 g/mol. The number of halogens is 1. The van der Waals surface area contributed by atoms with Gasteiger partial charge in [-0.05, 0) is 75.6 Å². The van der Waals surface area contributed by atoms with Crippen LogP contribution < -0.4 is 18.9 Å². The molecule has 2 aromatic carbocycles. The first-order valence-electron chi connectivity index (χ1n) is 10.7. The minimum Gasteiger partial charge on any atom is -0.497 e. The molecule has 0 fully saturated rings. The van der Waals surface area contributed by atoms with Crippen LogP contribution in [0.15, 0.2) is 90.3 Å². The van der Waals surface area contributed by atoms with Crippen molar-refractivity contribution in [3.63, 3.8) is 0 Å². The summed E-state index contributed by atoms with van der Waals surface area (Å²) in [6.45, 7) is 0.926. The highest BCUT2D eigenvalue weighted by Gasteiger charge is 1.99. The predicted octanol–water partition coefficient (Wildman–Crippen LogP) is 6.88. The summed E-state index contributed by atoms with van der Waals surface area (Å²) in [7, 11) is 3.28. The standard InChI is InChI=1S/C13H12INO2.C13H12N4O2/c1-16-12-5-2-10(3-6-12)9-17-13-7-4-11(14)8-15-13;1-18-12-5-2-10(3-6-12)9-19-13-7-4-11(8-15-13)16-17-14/h2-8H,9H2,1H3;2-8H,9H2,1H3. The van der Waals surface area contributed by atoms with Crippen molar-refractivity contribution in [3.8, 4) is 23.3 Å². The molecule has 4 aromatic rings. The topological polar surface area (TPSA) is 111 Å². The lowest BCUT2D eigenvalue weighted by Crippen LogP contribution is -1.97. The maximum Gasteiger partial charge on any atom is 0.213 e. The minimum absolute atomic E-state index is 0.415. The normalized spacial score (nSPS) is 9.75. The molecule has 0 radical (unpaired) electrons. The number of hydrogen-bond acceptors (Lipinski definition) is 7. The Kier molecular flexibility index (Phi) is 10.6. The molecular weight excluding hydrogens is 573 g/mol. The van der Waals surface area contributed by atoms with Crippen molar-refractivity contribution in [2.75, 3.05) is 14.2 Å². The molecule has 0 amide bonds. The summed E-state index contributed by atoms with van der Waals surface area (Å²) in [5.74, 6) is 2.77. The molecule has 0 bridgehead atoms. The molecular formula is C26H24IN5O4. The third-order valence-electron chi connectivity index (χ3n) is 4.67. The number of rotatable bonds is 9. The van der Waals surface area contributed by atoms with E-state index in [0.29, 0.717) is 30.7 Å². The van der Waals surface area contributed by atoms with Crippen LogP contribution in [0.4, 0.5) is 5.69 Å². The summed E-state index contributed by atoms with van der Waals surface area (Å²) >= 11 is 2.21. The van der Waals surface area contributed by atoms with Crippen LogP contribution in [0.2, 0.25) is 0 Å². The molecule has 9 nitrogen and oxygen atoms in total. The van der Waals surface area contributed by atoms with Crippen LogP contribution in [0, 0.1) is 3.57 Å². The van der Waals surface area contributed by atoms with Crippen molar-refractivity contribution in [2.24, 2.45) is 5.11 Å². The van der Waals surface area contributed by atoms with Gasteiger partial charge in [-0.1, -0.05) is 29.4 Å². The average Bonchev–Trinajstić information content (AvgIpc) is 2.93. The summed E-state index contributed by atoms with van der Waals surface area (Å²) in [5.41, 5.74) is 10.8. The number of pyridine rings is 2. The van der Waals surface area contributed by atoms with Gasteiger partial charge in [-0.15, -0.1) is 0 Å². The average molecular weight is 597 g/mol. The fraction of sp³-hybridized carbons (Fsp3) is 0.154. The van der Waals surface area contributed by atoms with Gasteiger partial charge < -0.3 is 18.9 Å². The first-order chi connectivity index (χ1) is 17.6. The minimum atomic E-state index is 0.415. The second-order valence-corrected chi connectivity index (χ2v) is 8.38. The number of methoxy groups -OCH3 is 2. The highest BCUT2D eigenvalue weighted by atomic mass is 127. The molecule has 10 heteroatoms. The van der Waals surface area contributed by atoms with E-state index in [1.807, 2.05) is 60.7 Å². The van der Waals surface area contributed by atoms with E-state index < -0.39 is 0 Å². The summed E-state index contributed by atoms with van der Waals surface area (Å²) in [6.07, 6.45) is 3.24. The van der Waals surface area contributed by atoms with Crippen LogP contribution in [0.25, 0.3) is 10.4 Å². The summed E-state index contributed by atoms with van der Waals surface area (Å²) in [4.78, 5) is 10.9. The van der Waals surface area contributed by atoms with Crippen LogP contribution >= 0.6 is 22.6 Å².